The van der Waals surface area contributed by atoms with E-state index >= 15 is 0 Å². The summed E-state index contributed by atoms with van der Waals surface area (Å²) in [7, 11) is 0. The summed E-state index contributed by atoms with van der Waals surface area (Å²) in [4.78, 5) is 12.3. The molecule has 0 atom stereocenters. The van der Waals surface area contributed by atoms with Crippen LogP contribution in [-0.4, -0.2) is 5.78 Å². The molecule has 0 aliphatic heterocycles. The van der Waals surface area contributed by atoms with E-state index in [1.807, 2.05) is 71.9 Å². The third-order valence-electron chi connectivity index (χ3n) is 2.93. The molecule has 0 heterocycles. The standard InChI is InChI=1S/C18H22O.C2H6/c1-6-7-8-16(13(2)3)12-18(19)17-10-14(4)9-15(5)11-17;1-2/h6-11H,2,12H2,1,3-5H3;1-2H3/b7-6-,16-8-;. The van der Waals surface area contributed by atoms with Gasteiger partial charge in [-0.05, 0) is 45.4 Å². The molecule has 21 heavy (non-hydrogen) atoms. The Morgan fingerprint density at radius 2 is 1.67 bits per heavy atom. The molecule has 1 rings (SSSR count). The maximum Gasteiger partial charge on any atom is 0.167 e. The molecule has 0 unspecified atom stereocenters. The van der Waals surface area contributed by atoms with E-state index in [2.05, 4.69) is 12.6 Å². The molecule has 0 spiro atoms. The molecule has 0 aromatic heterocycles. The lowest BCUT2D eigenvalue weighted by atomic mass is 9.96. The maximum atomic E-state index is 12.3. The van der Waals surface area contributed by atoms with Gasteiger partial charge < -0.3 is 0 Å². The number of carbonyl (C=O) groups is 1. The van der Waals surface area contributed by atoms with Crippen LogP contribution in [0.2, 0.25) is 0 Å². The van der Waals surface area contributed by atoms with Gasteiger partial charge >= 0.3 is 0 Å². The average molecular weight is 284 g/mol. The summed E-state index contributed by atoms with van der Waals surface area (Å²) in [5, 5.41) is 0. The van der Waals surface area contributed by atoms with Crippen LogP contribution in [0.1, 0.15) is 55.6 Å². The van der Waals surface area contributed by atoms with Gasteiger partial charge in [0.2, 0.25) is 0 Å². The number of hydrogen-bond acceptors (Lipinski definition) is 1. The largest absolute Gasteiger partial charge is 0.294 e. The highest BCUT2D eigenvalue weighted by Gasteiger charge is 2.10. The summed E-state index contributed by atoms with van der Waals surface area (Å²) in [6.07, 6.45) is 6.26. The summed E-state index contributed by atoms with van der Waals surface area (Å²) in [6, 6.07) is 5.97. The lowest BCUT2D eigenvalue weighted by molar-refractivity contribution is 0.0993. The molecule has 0 radical (unpaired) electrons. The number of aryl methyl sites for hydroxylation is 2. The van der Waals surface area contributed by atoms with Crippen LogP contribution < -0.4 is 0 Å². The number of hydrogen-bond donors (Lipinski definition) is 0. The summed E-state index contributed by atoms with van der Waals surface area (Å²) in [5.41, 5.74) is 4.96. The minimum Gasteiger partial charge on any atom is -0.294 e. The third-order valence-corrected chi connectivity index (χ3v) is 2.93. The van der Waals surface area contributed by atoms with Gasteiger partial charge in [-0.1, -0.05) is 61.4 Å². The van der Waals surface area contributed by atoms with Crippen LogP contribution in [0.4, 0.5) is 0 Å². The smallest absolute Gasteiger partial charge is 0.167 e. The number of Topliss-reactive ketones (excluding diaryl/α,β-unsaturated/α-hetero) is 1. The first-order chi connectivity index (χ1) is 9.93. The normalized spacial score (nSPS) is 11.0. The van der Waals surface area contributed by atoms with E-state index in [1.165, 1.54) is 0 Å². The first kappa shape index (κ1) is 19.1. The molecule has 0 fully saturated rings. The van der Waals surface area contributed by atoms with Crippen molar-refractivity contribution >= 4 is 5.78 Å². The molecule has 0 aliphatic rings. The summed E-state index contributed by atoms with van der Waals surface area (Å²) >= 11 is 0. The Kier molecular flexibility index (Phi) is 9.03. The molecule has 1 aromatic carbocycles. The quantitative estimate of drug-likeness (QED) is 0.480. The lowest BCUT2D eigenvalue weighted by Gasteiger charge is -2.07. The van der Waals surface area contributed by atoms with Crippen LogP contribution in [0.15, 0.2) is 54.2 Å². The Labute approximate surface area is 130 Å². The second-order valence-electron chi connectivity index (χ2n) is 4.97. The van der Waals surface area contributed by atoms with Crippen LogP contribution in [0.25, 0.3) is 0 Å². The molecular weight excluding hydrogens is 256 g/mol. The Hall–Kier alpha value is -1.89. The van der Waals surface area contributed by atoms with Gasteiger partial charge in [0.05, 0.1) is 0 Å². The monoisotopic (exact) mass is 284 g/mol. The van der Waals surface area contributed by atoms with Gasteiger partial charge in [-0.3, -0.25) is 4.79 Å². The SMILES string of the molecule is C=C(C)/C(=C\C=C/C)CC(=O)c1cc(C)cc(C)c1.CC. The highest BCUT2D eigenvalue weighted by Crippen LogP contribution is 2.18. The van der Waals surface area contributed by atoms with Gasteiger partial charge in [0, 0.05) is 12.0 Å². The van der Waals surface area contributed by atoms with Crippen LogP contribution >= 0.6 is 0 Å². The van der Waals surface area contributed by atoms with Crippen LogP contribution in [-0.2, 0) is 0 Å². The van der Waals surface area contributed by atoms with Crippen LogP contribution in [0.3, 0.4) is 0 Å². The zero-order valence-corrected chi connectivity index (χ0v) is 14.3. The number of rotatable bonds is 5. The fraction of sp³-hybridized carbons (Fsp3) is 0.350. The molecule has 0 N–H and O–H groups in total. The van der Waals surface area contributed by atoms with Gasteiger partial charge in [0.15, 0.2) is 5.78 Å². The van der Waals surface area contributed by atoms with Crippen molar-refractivity contribution in [3.05, 3.63) is 70.8 Å². The average Bonchev–Trinajstić information content (AvgIpc) is 2.44. The van der Waals surface area contributed by atoms with Crippen molar-refractivity contribution in [2.75, 3.05) is 0 Å². The lowest BCUT2D eigenvalue weighted by Crippen LogP contribution is -2.02. The van der Waals surface area contributed by atoms with Gasteiger partial charge in [0.25, 0.3) is 0 Å². The first-order valence-corrected chi connectivity index (χ1v) is 7.53. The van der Waals surface area contributed by atoms with E-state index in [9.17, 15) is 4.79 Å². The fourth-order valence-electron chi connectivity index (χ4n) is 1.98. The van der Waals surface area contributed by atoms with Gasteiger partial charge in [-0.25, -0.2) is 0 Å². The molecule has 0 saturated carbocycles. The fourth-order valence-corrected chi connectivity index (χ4v) is 1.98. The molecule has 0 aliphatic carbocycles. The van der Waals surface area contributed by atoms with Crippen LogP contribution in [0.5, 0.6) is 0 Å². The minimum absolute atomic E-state index is 0.144. The van der Waals surface area contributed by atoms with Crippen LogP contribution in [0, 0.1) is 13.8 Å². The molecule has 0 bridgehead atoms. The highest BCUT2D eigenvalue weighted by molar-refractivity contribution is 5.98. The van der Waals surface area contributed by atoms with E-state index in [4.69, 9.17) is 0 Å². The van der Waals surface area contributed by atoms with Gasteiger partial charge in [-0.2, -0.15) is 0 Å². The predicted molar refractivity (Wildman–Crippen MR) is 93.9 cm³/mol. The Bertz CT molecular complexity index is 525. The van der Waals surface area contributed by atoms with E-state index in [-0.39, 0.29) is 5.78 Å². The second kappa shape index (κ2) is 9.93. The summed E-state index contributed by atoms with van der Waals surface area (Å²) < 4.78 is 0. The molecular formula is C20H28O. The van der Waals surface area contributed by atoms with E-state index < -0.39 is 0 Å². The minimum atomic E-state index is 0.144. The maximum absolute atomic E-state index is 12.3. The van der Waals surface area contributed by atoms with Gasteiger partial charge in [-0.15, -0.1) is 0 Å². The zero-order chi connectivity index (χ0) is 16.4. The second-order valence-corrected chi connectivity index (χ2v) is 4.97. The van der Waals surface area contributed by atoms with Gasteiger partial charge in [0.1, 0.15) is 0 Å². The van der Waals surface area contributed by atoms with Crippen molar-refractivity contribution in [1.82, 2.24) is 0 Å². The molecule has 1 aromatic rings. The number of carbonyl (C=O) groups excluding carboxylic acids is 1. The number of benzene rings is 1. The summed E-state index contributed by atoms with van der Waals surface area (Å²) in [6.45, 7) is 15.9. The molecule has 1 heteroatoms. The van der Waals surface area contributed by atoms with Crippen molar-refractivity contribution in [2.24, 2.45) is 0 Å². The zero-order valence-electron chi connectivity index (χ0n) is 14.3. The topological polar surface area (TPSA) is 17.1 Å². The Morgan fingerprint density at radius 3 is 2.10 bits per heavy atom. The predicted octanol–water partition coefficient (Wildman–Crippen LogP) is 5.98. The van der Waals surface area contributed by atoms with Crippen molar-refractivity contribution in [1.29, 1.82) is 0 Å². The summed E-state index contributed by atoms with van der Waals surface area (Å²) in [5.74, 6) is 0.144. The Balaban J connectivity index is 0.00000191. The van der Waals surface area contributed by atoms with Crippen molar-refractivity contribution in [3.63, 3.8) is 0 Å². The molecule has 114 valence electrons. The molecule has 0 amide bonds. The molecule has 0 saturated heterocycles. The van der Waals surface area contributed by atoms with Crippen molar-refractivity contribution in [2.45, 2.75) is 48.0 Å². The van der Waals surface area contributed by atoms with E-state index in [0.717, 1.165) is 27.8 Å². The Morgan fingerprint density at radius 1 is 1.14 bits per heavy atom. The van der Waals surface area contributed by atoms with Crippen molar-refractivity contribution in [3.8, 4) is 0 Å². The van der Waals surface area contributed by atoms with Crippen molar-refractivity contribution < 1.29 is 4.79 Å². The molecule has 1 nitrogen and oxygen atoms in total. The van der Waals surface area contributed by atoms with E-state index in [1.54, 1.807) is 0 Å². The third kappa shape index (κ3) is 6.89. The first-order valence-electron chi connectivity index (χ1n) is 7.53. The number of ketones is 1. The van der Waals surface area contributed by atoms with E-state index in [0.29, 0.717) is 6.42 Å². The highest BCUT2D eigenvalue weighted by atomic mass is 16.1. The number of allylic oxidation sites excluding steroid dienone is 5.